The van der Waals surface area contributed by atoms with Crippen molar-refractivity contribution in [3.05, 3.63) is 63.9 Å². The fourth-order valence-electron chi connectivity index (χ4n) is 2.36. The maximum absolute atomic E-state index is 4.19. The third-order valence-electron chi connectivity index (χ3n) is 3.50. The molecule has 0 aliphatic heterocycles. The van der Waals surface area contributed by atoms with Crippen molar-refractivity contribution < 1.29 is 0 Å². The number of halogens is 1. The molecule has 0 fully saturated rings. The van der Waals surface area contributed by atoms with Crippen molar-refractivity contribution in [3.8, 4) is 0 Å². The van der Waals surface area contributed by atoms with Crippen molar-refractivity contribution in [1.29, 1.82) is 0 Å². The molecule has 1 heterocycles. The predicted molar refractivity (Wildman–Crippen MR) is 92.2 cm³/mol. The lowest BCUT2D eigenvalue weighted by molar-refractivity contribution is 0.573. The second-order valence-electron chi connectivity index (χ2n) is 5.95. The van der Waals surface area contributed by atoms with Crippen LogP contribution < -0.4 is 5.32 Å². The van der Waals surface area contributed by atoms with Gasteiger partial charge in [-0.25, -0.2) is 0 Å². The number of nitrogens with zero attached hydrogens (tertiary/aromatic N) is 1. The molecule has 21 heavy (non-hydrogen) atoms. The highest BCUT2D eigenvalue weighted by Crippen LogP contribution is 2.16. The minimum absolute atomic E-state index is 0.331. The zero-order chi connectivity index (χ0) is 15.2. The second kappa shape index (κ2) is 7.71. The molecule has 0 aliphatic carbocycles. The molecule has 2 aromatic rings. The summed E-state index contributed by atoms with van der Waals surface area (Å²) in [6.45, 7) is 7.53. The highest BCUT2D eigenvalue weighted by atomic mass is 79.9. The fourth-order valence-corrected chi connectivity index (χ4v) is 2.77. The zero-order valence-electron chi connectivity index (χ0n) is 12.9. The number of aromatic nitrogens is 1. The van der Waals surface area contributed by atoms with Gasteiger partial charge in [0.2, 0.25) is 0 Å². The molecule has 0 spiro atoms. The van der Waals surface area contributed by atoms with Crippen LogP contribution in [0.3, 0.4) is 0 Å². The van der Waals surface area contributed by atoms with Crippen molar-refractivity contribution in [3.63, 3.8) is 0 Å². The van der Waals surface area contributed by atoms with Gasteiger partial charge in [0.05, 0.1) is 0 Å². The van der Waals surface area contributed by atoms with Crippen LogP contribution in [0.5, 0.6) is 0 Å². The van der Waals surface area contributed by atoms with Crippen LogP contribution in [-0.2, 0) is 13.0 Å². The highest BCUT2D eigenvalue weighted by molar-refractivity contribution is 9.10. The Labute approximate surface area is 136 Å². The maximum atomic E-state index is 4.19. The predicted octanol–water partition coefficient (Wildman–Crippen LogP) is 4.89. The number of pyridine rings is 1. The SMILES string of the molecule is CC(C)Cc1ccc(C(C)NCc2cncc(Br)c2)cc1. The molecule has 0 saturated heterocycles. The first-order valence-electron chi connectivity index (χ1n) is 7.46. The fraction of sp³-hybridized carbons (Fsp3) is 0.389. The molecule has 0 aliphatic rings. The Morgan fingerprint density at radius 2 is 1.76 bits per heavy atom. The lowest BCUT2D eigenvalue weighted by Crippen LogP contribution is -2.18. The van der Waals surface area contributed by atoms with E-state index in [2.05, 4.69) is 77.3 Å². The Balaban J connectivity index is 1.92. The smallest absolute Gasteiger partial charge is 0.0410 e. The lowest BCUT2D eigenvalue weighted by Gasteiger charge is -2.15. The van der Waals surface area contributed by atoms with E-state index in [1.165, 1.54) is 16.7 Å². The lowest BCUT2D eigenvalue weighted by atomic mass is 10.00. The van der Waals surface area contributed by atoms with E-state index in [1.54, 1.807) is 6.20 Å². The van der Waals surface area contributed by atoms with E-state index in [0.717, 1.165) is 17.4 Å². The standard InChI is InChI=1S/C18H23BrN2/c1-13(2)8-15-4-6-17(7-5-15)14(3)21-11-16-9-18(19)12-20-10-16/h4-7,9-10,12-14,21H,8,11H2,1-3H3. The first-order valence-corrected chi connectivity index (χ1v) is 8.25. The molecule has 2 rings (SSSR count). The Bertz CT molecular complexity index is 564. The number of rotatable bonds is 6. The molecule has 0 bridgehead atoms. The Kier molecular flexibility index (Phi) is 5.95. The van der Waals surface area contributed by atoms with Crippen LogP contribution in [0.25, 0.3) is 0 Å². The molecule has 112 valence electrons. The molecule has 1 N–H and O–H groups in total. The van der Waals surface area contributed by atoms with E-state index < -0.39 is 0 Å². The summed E-state index contributed by atoms with van der Waals surface area (Å²) in [4.78, 5) is 4.19. The van der Waals surface area contributed by atoms with Crippen LogP contribution >= 0.6 is 15.9 Å². The monoisotopic (exact) mass is 346 g/mol. The van der Waals surface area contributed by atoms with E-state index in [9.17, 15) is 0 Å². The van der Waals surface area contributed by atoms with Crippen molar-refractivity contribution in [1.82, 2.24) is 10.3 Å². The van der Waals surface area contributed by atoms with E-state index in [1.807, 2.05) is 6.20 Å². The molecule has 1 unspecified atom stereocenters. The quantitative estimate of drug-likeness (QED) is 0.804. The zero-order valence-corrected chi connectivity index (χ0v) is 14.5. The summed E-state index contributed by atoms with van der Waals surface area (Å²) in [6, 6.07) is 11.4. The van der Waals surface area contributed by atoms with Crippen molar-refractivity contribution >= 4 is 15.9 Å². The maximum Gasteiger partial charge on any atom is 0.0410 e. The molecule has 1 aromatic heterocycles. The first kappa shape index (κ1) is 16.2. The van der Waals surface area contributed by atoms with Crippen molar-refractivity contribution in [2.24, 2.45) is 5.92 Å². The minimum atomic E-state index is 0.331. The van der Waals surface area contributed by atoms with Crippen molar-refractivity contribution in [2.45, 2.75) is 39.8 Å². The van der Waals surface area contributed by atoms with Gasteiger partial charge in [-0.2, -0.15) is 0 Å². The molecule has 0 radical (unpaired) electrons. The molecule has 1 atom stereocenters. The van der Waals surface area contributed by atoms with Gasteiger partial charge in [-0.15, -0.1) is 0 Å². The summed E-state index contributed by atoms with van der Waals surface area (Å²) >= 11 is 3.45. The van der Waals surface area contributed by atoms with E-state index in [0.29, 0.717) is 12.0 Å². The molecule has 0 saturated carbocycles. The molecule has 2 nitrogen and oxygen atoms in total. The number of hydrogen-bond donors (Lipinski definition) is 1. The summed E-state index contributed by atoms with van der Waals surface area (Å²) in [5.41, 5.74) is 3.93. The van der Waals surface area contributed by atoms with E-state index in [-0.39, 0.29) is 0 Å². The van der Waals surface area contributed by atoms with Crippen LogP contribution in [0.15, 0.2) is 47.2 Å². The average molecular weight is 347 g/mol. The first-order chi connectivity index (χ1) is 10.0. The third kappa shape index (κ3) is 5.25. The molecular weight excluding hydrogens is 324 g/mol. The van der Waals surface area contributed by atoms with Gasteiger partial charge in [0.1, 0.15) is 0 Å². The summed E-state index contributed by atoms with van der Waals surface area (Å²) in [7, 11) is 0. The summed E-state index contributed by atoms with van der Waals surface area (Å²) < 4.78 is 1.02. The Hall–Kier alpha value is -1.19. The summed E-state index contributed by atoms with van der Waals surface area (Å²) in [6.07, 6.45) is 4.85. The highest BCUT2D eigenvalue weighted by Gasteiger charge is 2.06. The topological polar surface area (TPSA) is 24.9 Å². The molecular formula is C18H23BrN2. The van der Waals surface area contributed by atoms with Crippen LogP contribution in [0.2, 0.25) is 0 Å². The van der Waals surface area contributed by atoms with Gasteiger partial charge in [0, 0.05) is 29.5 Å². The third-order valence-corrected chi connectivity index (χ3v) is 3.93. The average Bonchev–Trinajstić information content (AvgIpc) is 2.45. The van der Waals surface area contributed by atoms with Gasteiger partial charge in [0.15, 0.2) is 0 Å². The number of hydrogen-bond acceptors (Lipinski definition) is 2. The van der Waals surface area contributed by atoms with Crippen molar-refractivity contribution in [2.75, 3.05) is 0 Å². The van der Waals surface area contributed by atoms with Gasteiger partial charge in [0.25, 0.3) is 0 Å². The number of benzene rings is 1. The van der Waals surface area contributed by atoms with E-state index in [4.69, 9.17) is 0 Å². The molecule has 1 aromatic carbocycles. The minimum Gasteiger partial charge on any atom is -0.306 e. The second-order valence-corrected chi connectivity index (χ2v) is 6.87. The largest absolute Gasteiger partial charge is 0.306 e. The molecule has 0 amide bonds. The van der Waals surface area contributed by atoms with Gasteiger partial charge in [-0.1, -0.05) is 38.1 Å². The van der Waals surface area contributed by atoms with Crippen LogP contribution in [-0.4, -0.2) is 4.98 Å². The van der Waals surface area contributed by atoms with Gasteiger partial charge in [-0.05, 0) is 57.9 Å². The molecule has 3 heteroatoms. The normalized spacial score (nSPS) is 12.6. The Morgan fingerprint density at radius 3 is 2.38 bits per heavy atom. The van der Waals surface area contributed by atoms with Gasteiger partial charge in [-0.3, -0.25) is 4.98 Å². The summed E-state index contributed by atoms with van der Waals surface area (Å²) in [5.74, 6) is 0.704. The van der Waals surface area contributed by atoms with Gasteiger partial charge < -0.3 is 5.32 Å². The van der Waals surface area contributed by atoms with Crippen LogP contribution in [0, 0.1) is 5.92 Å². The number of nitrogens with one attached hydrogen (secondary N) is 1. The van der Waals surface area contributed by atoms with Crippen LogP contribution in [0.4, 0.5) is 0 Å². The summed E-state index contributed by atoms with van der Waals surface area (Å²) in [5, 5.41) is 3.54. The Morgan fingerprint density at radius 1 is 1.05 bits per heavy atom. The van der Waals surface area contributed by atoms with E-state index >= 15 is 0 Å². The van der Waals surface area contributed by atoms with Gasteiger partial charge >= 0.3 is 0 Å². The van der Waals surface area contributed by atoms with Crippen LogP contribution in [0.1, 0.15) is 43.5 Å².